The topological polar surface area (TPSA) is 52.9 Å². The number of carbonyl (C=O) groups is 1. The molecule has 0 heterocycles. The van der Waals surface area contributed by atoms with E-state index in [9.17, 15) is 10.1 Å². The maximum atomic E-state index is 12.3. The molecule has 0 unspecified atom stereocenters. The lowest BCUT2D eigenvalue weighted by Gasteiger charge is -2.34. The minimum Gasteiger partial charge on any atom is -0.350 e. The molecule has 1 saturated carbocycles. The van der Waals surface area contributed by atoms with Crippen LogP contribution in [0.5, 0.6) is 0 Å². The SMILES string of the molecule is CCCC(C)(C)NC(=O)C1(C#N)CCCCC1. The van der Waals surface area contributed by atoms with Gasteiger partial charge in [0.2, 0.25) is 5.91 Å². The van der Waals surface area contributed by atoms with Gasteiger partial charge in [-0.1, -0.05) is 32.6 Å². The molecule has 0 aromatic carbocycles. The number of carbonyl (C=O) groups excluding carboxylic acids is 1. The van der Waals surface area contributed by atoms with Gasteiger partial charge in [-0.25, -0.2) is 0 Å². The van der Waals surface area contributed by atoms with E-state index in [1.54, 1.807) is 0 Å². The van der Waals surface area contributed by atoms with E-state index in [1.165, 1.54) is 0 Å². The van der Waals surface area contributed by atoms with E-state index in [1.807, 2.05) is 13.8 Å². The average Bonchev–Trinajstić information content (AvgIpc) is 2.29. The molecule has 3 heteroatoms. The Labute approximate surface area is 105 Å². The van der Waals surface area contributed by atoms with Crippen LogP contribution < -0.4 is 5.32 Å². The van der Waals surface area contributed by atoms with Crippen molar-refractivity contribution < 1.29 is 4.79 Å². The molecule has 3 nitrogen and oxygen atoms in total. The Morgan fingerprint density at radius 3 is 2.41 bits per heavy atom. The molecule has 17 heavy (non-hydrogen) atoms. The van der Waals surface area contributed by atoms with Crippen LogP contribution in [-0.4, -0.2) is 11.4 Å². The monoisotopic (exact) mass is 236 g/mol. The van der Waals surface area contributed by atoms with Crippen LogP contribution in [-0.2, 0) is 4.79 Å². The summed E-state index contributed by atoms with van der Waals surface area (Å²) in [6.45, 7) is 6.17. The van der Waals surface area contributed by atoms with E-state index in [0.29, 0.717) is 0 Å². The number of rotatable bonds is 4. The molecule has 0 aliphatic heterocycles. The summed E-state index contributed by atoms with van der Waals surface area (Å²) in [6, 6.07) is 2.27. The summed E-state index contributed by atoms with van der Waals surface area (Å²) in [5.74, 6) is -0.0573. The van der Waals surface area contributed by atoms with Crippen LogP contribution in [0, 0.1) is 16.7 Å². The van der Waals surface area contributed by atoms with Gasteiger partial charge in [0.1, 0.15) is 5.41 Å². The fourth-order valence-electron chi connectivity index (χ4n) is 2.66. The van der Waals surface area contributed by atoms with Crippen LogP contribution in [0.25, 0.3) is 0 Å². The first kappa shape index (κ1) is 14.0. The number of nitrogens with one attached hydrogen (secondary N) is 1. The lowest BCUT2D eigenvalue weighted by atomic mass is 9.74. The van der Waals surface area contributed by atoms with Crippen molar-refractivity contribution in [3.05, 3.63) is 0 Å². The van der Waals surface area contributed by atoms with Gasteiger partial charge in [-0.05, 0) is 33.1 Å². The van der Waals surface area contributed by atoms with Crippen molar-refractivity contribution in [1.82, 2.24) is 5.32 Å². The standard InChI is InChI=1S/C14H24N2O/c1-4-8-13(2,3)16-12(17)14(11-15)9-6-5-7-10-14/h4-10H2,1-3H3,(H,16,17). The Morgan fingerprint density at radius 1 is 1.35 bits per heavy atom. The Balaban J connectivity index is 2.70. The fourth-order valence-corrected chi connectivity index (χ4v) is 2.66. The number of hydrogen-bond acceptors (Lipinski definition) is 2. The first-order valence-corrected chi connectivity index (χ1v) is 6.70. The van der Waals surface area contributed by atoms with Gasteiger partial charge >= 0.3 is 0 Å². The van der Waals surface area contributed by atoms with Crippen molar-refractivity contribution in [2.75, 3.05) is 0 Å². The molecule has 1 N–H and O–H groups in total. The summed E-state index contributed by atoms with van der Waals surface area (Å²) in [7, 11) is 0. The number of hydrogen-bond donors (Lipinski definition) is 1. The normalized spacial score (nSPS) is 19.4. The first-order valence-electron chi connectivity index (χ1n) is 6.70. The second-order valence-electron chi connectivity index (χ2n) is 5.84. The van der Waals surface area contributed by atoms with E-state index in [2.05, 4.69) is 18.3 Å². The van der Waals surface area contributed by atoms with Crippen LogP contribution in [0.2, 0.25) is 0 Å². The van der Waals surface area contributed by atoms with Gasteiger partial charge in [0.25, 0.3) is 0 Å². The summed E-state index contributed by atoms with van der Waals surface area (Å²) in [4.78, 5) is 12.3. The molecule has 1 rings (SSSR count). The molecule has 1 aliphatic rings. The zero-order valence-electron chi connectivity index (χ0n) is 11.3. The number of nitrogens with zero attached hydrogens (tertiary/aromatic N) is 1. The summed E-state index contributed by atoms with van der Waals surface area (Å²) in [6.07, 6.45) is 6.56. The van der Waals surface area contributed by atoms with Gasteiger partial charge in [-0.3, -0.25) is 4.79 Å². The van der Waals surface area contributed by atoms with Gasteiger partial charge in [0.15, 0.2) is 0 Å². The number of nitriles is 1. The highest BCUT2D eigenvalue weighted by molar-refractivity contribution is 5.86. The molecular weight excluding hydrogens is 212 g/mol. The van der Waals surface area contributed by atoms with Crippen molar-refractivity contribution in [2.24, 2.45) is 5.41 Å². The molecule has 0 aromatic rings. The Morgan fingerprint density at radius 2 is 1.94 bits per heavy atom. The fraction of sp³-hybridized carbons (Fsp3) is 0.857. The van der Waals surface area contributed by atoms with Crippen molar-refractivity contribution in [3.8, 4) is 6.07 Å². The van der Waals surface area contributed by atoms with Gasteiger partial charge in [-0.15, -0.1) is 0 Å². The minimum absolute atomic E-state index is 0.0573. The molecule has 0 aromatic heterocycles. The average molecular weight is 236 g/mol. The zero-order chi connectivity index (χ0) is 12.9. The molecular formula is C14H24N2O. The maximum Gasteiger partial charge on any atom is 0.240 e. The summed E-state index contributed by atoms with van der Waals surface area (Å²) in [5, 5.41) is 12.4. The third kappa shape index (κ3) is 3.46. The molecule has 0 saturated heterocycles. The van der Waals surface area contributed by atoms with Crippen LogP contribution in [0.3, 0.4) is 0 Å². The van der Waals surface area contributed by atoms with Gasteiger partial charge in [0, 0.05) is 5.54 Å². The molecule has 0 spiro atoms. The van der Waals surface area contributed by atoms with E-state index in [-0.39, 0.29) is 11.4 Å². The Bertz CT molecular complexity index is 309. The van der Waals surface area contributed by atoms with E-state index in [0.717, 1.165) is 44.9 Å². The highest BCUT2D eigenvalue weighted by Gasteiger charge is 2.41. The molecule has 1 aliphatic carbocycles. The van der Waals surface area contributed by atoms with E-state index < -0.39 is 5.41 Å². The smallest absolute Gasteiger partial charge is 0.240 e. The van der Waals surface area contributed by atoms with E-state index >= 15 is 0 Å². The highest BCUT2D eigenvalue weighted by Crippen LogP contribution is 2.36. The molecule has 1 fully saturated rings. The molecule has 0 atom stereocenters. The number of amides is 1. The molecule has 0 bridgehead atoms. The minimum atomic E-state index is -0.761. The predicted octanol–water partition coefficient (Wildman–Crippen LogP) is 3.16. The lowest BCUT2D eigenvalue weighted by molar-refractivity contribution is -0.131. The van der Waals surface area contributed by atoms with Crippen molar-refractivity contribution in [1.29, 1.82) is 5.26 Å². The van der Waals surface area contributed by atoms with Crippen molar-refractivity contribution in [3.63, 3.8) is 0 Å². The molecule has 0 radical (unpaired) electrons. The van der Waals surface area contributed by atoms with Crippen molar-refractivity contribution >= 4 is 5.91 Å². The van der Waals surface area contributed by atoms with Crippen molar-refractivity contribution in [2.45, 2.75) is 71.3 Å². The Kier molecular flexibility index (Phi) is 4.56. The lowest BCUT2D eigenvalue weighted by Crippen LogP contribution is -2.50. The quantitative estimate of drug-likeness (QED) is 0.815. The second-order valence-corrected chi connectivity index (χ2v) is 5.84. The first-order chi connectivity index (χ1) is 7.96. The van der Waals surface area contributed by atoms with Crippen LogP contribution in [0.4, 0.5) is 0 Å². The van der Waals surface area contributed by atoms with E-state index in [4.69, 9.17) is 0 Å². The highest BCUT2D eigenvalue weighted by atomic mass is 16.2. The summed E-state index contributed by atoms with van der Waals surface area (Å²) in [5.41, 5.74) is -0.962. The van der Waals surface area contributed by atoms with Gasteiger partial charge in [0.05, 0.1) is 6.07 Å². The summed E-state index contributed by atoms with van der Waals surface area (Å²) < 4.78 is 0. The largest absolute Gasteiger partial charge is 0.350 e. The van der Waals surface area contributed by atoms with Gasteiger partial charge < -0.3 is 5.32 Å². The second kappa shape index (κ2) is 5.53. The predicted molar refractivity (Wildman–Crippen MR) is 68.3 cm³/mol. The van der Waals surface area contributed by atoms with Crippen LogP contribution in [0.15, 0.2) is 0 Å². The van der Waals surface area contributed by atoms with Gasteiger partial charge in [-0.2, -0.15) is 5.26 Å². The third-order valence-electron chi connectivity index (χ3n) is 3.68. The summed E-state index contributed by atoms with van der Waals surface area (Å²) >= 11 is 0. The van der Waals surface area contributed by atoms with Crippen LogP contribution in [0.1, 0.15) is 65.7 Å². The molecule has 1 amide bonds. The maximum absolute atomic E-state index is 12.3. The zero-order valence-corrected chi connectivity index (χ0v) is 11.3. The Hall–Kier alpha value is -1.04. The molecule has 96 valence electrons. The third-order valence-corrected chi connectivity index (χ3v) is 3.68. The van der Waals surface area contributed by atoms with Crippen LogP contribution >= 0.6 is 0 Å².